The number of nitrogens with one attached hydrogen (secondary N) is 2. The molecule has 1 rings (SSSR count). The molecule has 0 aromatic heterocycles. The van der Waals surface area contributed by atoms with Crippen LogP contribution >= 0.6 is 11.8 Å². The Hall–Kier alpha value is -1.11. The summed E-state index contributed by atoms with van der Waals surface area (Å²) < 4.78 is 4.73. The van der Waals surface area contributed by atoms with Gasteiger partial charge >= 0.3 is 6.09 Å². The molecule has 0 aliphatic carbocycles. The van der Waals surface area contributed by atoms with Crippen molar-refractivity contribution >= 4 is 23.8 Å². The SMILES string of the molecule is CN=C(NCCCSC)NC1CCN(C(=O)OC)CC1. The molecule has 0 aromatic rings. The largest absolute Gasteiger partial charge is 0.453 e. The molecule has 20 heavy (non-hydrogen) atoms. The van der Waals surface area contributed by atoms with Crippen LogP contribution in [-0.4, -0.2) is 68.8 Å². The Morgan fingerprint density at radius 2 is 2.15 bits per heavy atom. The molecule has 0 unspecified atom stereocenters. The summed E-state index contributed by atoms with van der Waals surface area (Å²) in [7, 11) is 3.21. The first-order chi connectivity index (χ1) is 9.71. The number of aliphatic imine (C=N–C) groups is 1. The zero-order chi connectivity index (χ0) is 14.8. The second-order valence-electron chi connectivity index (χ2n) is 4.72. The van der Waals surface area contributed by atoms with Crippen molar-refractivity contribution in [2.75, 3.05) is 45.8 Å². The maximum Gasteiger partial charge on any atom is 0.409 e. The lowest BCUT2D eigenvalue weighted by molar-refractivity contribution is 0.111. The van der Waals surface area contributed by atoms with Crippen LogP contribution < -0.4 is 10.6 Å². The van der Waals surface area contributed by atoms with E-state index in [0.29, 0.717) is 6.04 Å². The highest BCUT2D eigenvalue weighted by Crippen LogP contribution is 2.11. The van der Waals surface area contributed by atoms with Gasteiger partial charge in [-0.3, -0.25) is 4.99 Å². The van der Waals surface area contributed by atoms with Crippen LogP contribution in [0.3, 0.4) is 0 Å². The van der Waals surface area contributed by atoms with E-state index in [2.05, 4.69) is 21.9 Å². The average Bonchev–Trinajstić information content (AvgIpc) is 2.50. The summed E-state index contributed by atoms with van der Waals surface area (Å²) in [4.78, 5) is 17.4. The molecular formula is C13H26N4O2S. The van der Waals surface area contributed by atoms with E-state index in [1.165, 1.54) is 7.11 Å². The predicted octanol–water partition coefficient (Wildman–Crippen LogP) is 1.14. The lowest BCUT2D eigenvalue weighted by atomic mass is 10.1. The number of hydrogen-bond acceptors (Lipinski definition) is 4. The Balaban J connectivity index is 2.25. The molecule has 6 nitrogen and oxygen atoms in total. The molecule has 0 spiro atoms. The van der Waals surface area contributed by atoms with Gasteiger partial charge in [0.25, 0.3) is 0 Å². The minimum atomic E-state index is -0.233. The molecule has 0 radical (unpaired) electrons. The van der Waals surface area contributed by atoms with Crippen molar-refractivity contribution in [2.24, 2.45) is 4.99 Å². The monoisotopic (exact) mass is 302 g/mol. The molecule has 0 aromatic carbocycles. The van der Waals surface area contributed by atoms with E-state index in [1.807, 2.05) is 11.8 Å². The summed E-state index contributed by atoms with van der Waals surface area (Å²) >= 11 is 1.85. The second kappa shape index (κ2) is 9.74. The van der Waals surface area contributed by atoms with Crippen LogP contribution in [0, 0.1) is 0 Å². The quantitative estimate of drug-likeness (QED) is 0.453. The summed E-state index contributed by atoms with van der Waals surface area (Å²) in [5.74, 6) is 2.00. The van der Waals surface area contributed by atoms with Crippen LogP contribution in [0.4, 0.5) is 4.79 Å². The van der Waals surface area contributed by atoms with Crippen molar-refractivity contribution in [3.63, 3.8) is 0 Å². The van der Waals surface area contributed by atoms with Crippen LogP contribution in [0.25, 0.3) is 0 Å². The molecule has 1 aliphatic rings. The average molecular weight is 302 g/mol. The Kier molecular flexibility index (Phi) is 8.25. The number of piperidine rings is 1. The van der Waals surface area contributed by atoms with Crippen LogP contribution in [0.5, 0.6) is 0 Å². The Morgan fingerprint density at radius 1 is 1.45 bits per heavy atom. The van der Waals surface area contributed by atoms with E-state index in [1.54, 1.807) is 11.9 Å². The lowest BCUT2D eigenvalue weighted by Gasteiger charge is -2.32. The first-order valence-corrected chi connectivity index (χ1v) is 8.39. The smallest absolute Gasteiger partial charge is 0.409 e. The maximum absolute atomic E-state index is 11.4. The molecule has 7 heteroatoms. The summed E-state index contributed by atoms with van der Waals surface area (Å²) in [6.07, 6.45) is 4.84. The fourth-order valence-electron chi connectivity index (χ4n) is 2.15. The van der Waals surface area contributed by atoms with Crippen molar-refractivity contribution in [3.8, 4) is 0 Å². The predicted molar refractivity (Wildman–Crippen MR) is 84.5 cm³/mol. The summed E-state index contributed by atoms with van der Waals surface area (Å²) in [5.41, 5.74) is 0. The number of carbonyl (C=O) groups excluding carboxylic acids is 1. The topological polar surface area (TPSA) is 66.0 Å². The Morgan fingerprint density at radius 3 is 2.70 bits per heavy atom. The number of nitrogens with zero attached hydrogens (tertiary/aromatic N) is 2. The molecule has 1 saturated heterocycles. The molecule has 1 fully saturated rings. The molecule has 0 bridgehead atoms. The molecule has 1 amide bonds. The van der Waals surface area contributed by atoms with Gasteiger partial charge in [0.05, 0.1) is 7.11 Å². The minimum absolute atomic E-state index is 0.233. The van der Waals surface area contributed by atoms with Crippen LogP contribution in [0.15, 0.2) is 4.99 Å². The zero-order valence-corrected chi connectivity index (χ0v) is 13.5. The third-order valence-corrected chi connectivity index (χ3v) is 4.01. The fraction of sp³-hybridized carbons (Fsp3) is 0.846. The van der Waals surface area contributed by atoms with Crippen molar-refractivity contribution in [1.29, 1.82) is 0 Å². The third-order valence-electron chi connectivity index (χ3n) is 3.31. The first kappa shape index (κ1) is 16.9. The van der Waals surface area contributed by atoms with Gasteiger partial charge in [-0.25, -0.2) is 4.79 Å². The molecular weight excluding hydrogens is 276 g/mol. The Bertz CT molecular complexity index is 317. The highest BCUT2D eigenvalue weighted by atomic mass is 32.2. The highest BCUT2D eigenvalue weighted by Gasteiger charge is 2.23. The van der Waals surface area contributed by atoms with Gasteiger partial charge in [0, 0.05) is 32.7 Å². The van der Waals surface area contributed by atoms with Gasteiger partial charge in [-0.1, -0.05) is 0 Å². The van der Waals surface area contributed by atoms with Crippen molar-refractivity contribution in [3.05, 3.63) is 0 Å². The van der Waals surface area contributed by atoms with Gasteiger partial charge < -0.3 is 20.3 Å². The van der Waals surface area contributed by atoms with Crippen molar-refractivity contribution in [1.82, 2.24) is 15.5 Å². The molecule has 0 saturated carbocycles. The summed E-state index contributed by atoms with van der Waals surface area (Å²) in [6.45, 7) is 2.39. The zero-order valence-electron chi connectivity index (χ0n) is 12.6. The van der Waals surface area contributed by atoms with E-state index in [4.69, 9.17) is 4.74 Å². The molecule has 2 N–H and O–H groups in total. The third kappa shape index (κ3) is 5.90. The molecule has 0 atom stereocenters. The van der Waals surface area contributed by atoms with Crippen LogP contribution in [0.2, 0.25) is 0 Å². The number of likely N-dealkylation sites (tertiary alicyclic amines) is 1. The van der Waals surface area contributed by atoms with E-state index < -0.39 is 0 Å². The highest BCUT2D eigenvalue weighted by molar-refractivity contribution is 7.98. The minimum Gasteiger partial charge on any atom is -0.453 e. The van der Waals surface area contributed by atoms with Gasteiger partial charge in [0.15, 0.2) is 5.96 Å². The maximum atomic E-state index is 11.4. The lowest BCUT2D eigenvalue weighted by Crippen LogP contribution is -2.49. The number of thioether (sulfide) groups is 1. The van der Waals surface area contributed by atoms with Gasteiger partial charge in [-0.05, 0) is 31.3 Å². The first-order valence-electron chi connectivity index (χ1n) is 7.00. The number of carbonyl (C=O) groups is 1. The van der Waals surface area contributed by atoms with E-state index >= 15 is 0 Å². The van der Waals surface area contributed by atoms with Crippen LogP contribution in [0.1, 0.15) is 19.3 Å². The van der Waals surface area contributed by atoms with Gasteiger partial charge in [-0.15, -0.1) is 0 Å². The number of amides is 1. The fourth-order valence-corrected chi connectivity index (χ4v) is 2.58. The molecule has 116 valence electrons. The second-order valence-corrected chi connectivity index (χ2v) is 5.71. The van der Waals surface area contributed by atoms with E-state index in [9.17, 15) is 4.79 Å². The molecule has 1 aliphatic heterocycles. The van der Waals surface area contributed by atoms with Crippen LogP contribution in [-0.2, 0) is 4.74 Å². The van der Waals surface area contributed by atoms with E-state index in [0.717, 1.165) is 50.6 Å². The van der Waals surface area contributed by atoms with Gasteiger partial charge in [0.1, 0.15) is 0 Å². The van der Waals surface area contributed by atoms with Crippen molar-refractivity contribution < 1.29 is 9.53 Å². The number of methoxy groups -OCH3 is 1. The Labute approximate surface area is 125 Å². The number of rotatable bonds is 5. The van der Waals surface area contributed by atoms with Crippen molar-refractivity contribution in [2.45, 2.75) is 25.3 Å². The summed E-state index contributed by atoms with van der Waals surface area (Å²) in [6, 6.07) is 0.364. The standard InChI is InChI=1S/C13H26N4O2S/c1-14-12(15-7-4-10-20-3)16-11-5-8-17(9-6-11)13(18)19-2/h11H,4-10H2,1-3H3,(H2,14,15,16). The van der Waals surface area contributed by atoms with Gasteiger partial charge in [-0.2, -0.15) is 11.8 Å². The van der Waals surface area contributed by atoms with Gasteiger partial charge in [0.2, 0.25) is 0 Å². The summed E-state index contributed by atoms with van der Waals surface area (Å²) in [5, 5.41) is 6.73. The normalized spacial score (nSPS) is 16.9. The molecule has 1 heterocycles. The van der Waals surface area contributed by atoms with E-state index in [-0.39, 0.29) is 6.09 Å². The number of ether oxygens (including phenoxy) is 1. The number of guanidine groups is 1. The number of hydrogen-bond donors (Lipinski definition) is 2.